The Morgan fingerprint density at radius 3 is 2.81 bits per heavy atom. The van der Waals surface area contributed by atoms with Crippen LogP contribution in [0, 0.1) is 0 Å². The maximum atomic E-state index is 9.66. The van der Waals surface area contributed by atoms with Gasteiger partial charge in [-0.15, -0.1) is 0 Å². The number of aryl methyl sites for hydroxylation is 1. The van der Waals surface area contributed by atoms with Crippen LogP contribution in [0.3, 0.4) is 0 Å². The maximum absolute atomic E-state index is 9.66. The van der Waals surface area contributed by atoms with Gasteiger partial charge in [0.1, 0.15) is 5.75 Å². The number of benzene rings is 2. The molecule has 1 atom stereocenters. The Morgan fingerprint density at radius 2 is 1.96 bits per heavy atom. The number of rotatable bonds is 6. The number of nitrogens with zero attached hydrogens (tertiary/aromatic N) is 3. The van der Waals surface area contributed by atoms with Crippen molar-refractivity contribution in [2.75, 3.05) is 6.54 Å². The van der Waals surface area contributed by atoms with Gasteiger partial charge in [-0.05, 0) is 49.9 Å². The Morgan fingerprint density at radius 1 is 1.07 bits per heavy atom. The summed E-state index contributed by atoms with van der Waals surface area (Å²) >= 11 is 0. The van der Waals surface area contributed by atoms with Gasteiger partial charge in [0.15, 0.2) is 0 Å². The van der Waals surface area contributed by atoms with E-state index < -0.39 is 0 Å². The Bertz CT molecular complexity index is 863. The highest BCUT2D eigenvalue weighted by Crippen LogP contribution is 2.24. The largest absolute Gasteiger partial charge is 0.508 e. The minimum absolute atomic E-state index is 0.340. The van der Waals surface area contributed by atoms with E-state index in [9.17, 15) is 5.11 Å². The molecule has 0 amide bonds. The maximum Gasteiger partial charge on any atom is 0.241 e. The third kappa shape index (κ3) is 4.55. The van der Waals surface area contributed by atoms with Gasteiger partial charge in [-0.3, -0.25) is 4.90 Å². The van der Waals surface area contributed by atoms with Gasteiger partial charge in [0.05, 0.1) is 6.54 Å². The zero-order valence-electron chi connectivity index (χ0n) is 15.4. The molecule has 1 aliphatic rings. The van der Waals surface area contributed by atoms with Crippen LogP contribution in [0.1, 0.15) is 37.1 Å². The van der Waals surface area contributed by atoms with Crippen LogP contribution in [-0.2, 0) is 13.0 Å². The highest BCUT2D eigenvalue weighted by molar-refractivity contribution is 5.53. The van der Waals surface area contributed by atoms with Crippen molar-refractivity contribution >= 4 is 0 Å². The van der Waals surface area contributed by atoms with E-state index in [1.54, 1.807) is 6.07 Å². The zero-order valence-corrected chi connectivity index (χ0v) is 15.4. The van der Waals surface area contributed by atoms with Crippen molar-refractivity contribution in [3.8, 4) is 17.1 Å². The third-order valence-corrected chi connectivity index (χ3v) is 5.26. The average molecular weight is 363 g/mol. The first-order valence-corrected chi connectivity index (χ1v) is 9.68. The van der Waals surface area contributed by atoms with Gasteiger partial charge < -0.3 is 9.63 Å². The number of piperidine rings is 1. The van der Waals surface area contributed by atoms with E-state index in [2.05, 4.69) is 21.1 Å². The minimum atomic E-state index is 0.340. The van der Waals surface area contributed by atoms with Crippen molar-refractivity contribution in [3.63, 3.8) is 0 Å². The molecule has 4 rings (SSSR count). The summed E-state index contributed by atoms with van der Waals surface area (Å²) in [5, 5.41) is 13.8. The molecule has 0 radical (unpaired) electrons. The summed E-state index contributed by atoms with van der Waals surface area (Å²) in [6.45, 7) is 1.76. The van der Waals surface area contributed by atoms with Gasteiger partial charge in [0.25, 0.3) is 0 Å². The molecule has 0 unspecified atom stereocenters. The van der Waals surface area contributed by atoms with Crippen LogP contribution in [0.25, 0.3) is 11.4 Å². The molecule has 1 aliphatic heterocycles. The smallest absolute Gasteiger partial charge is 0.241 e. The molecular weight excluding hydrogens is 338 g/mol. The first-order chi connectivity index (χ1) is 13.3. The van der Waals surface area contributed by atoms with Gasteiger partial charge in [0, 0.05) is 11.6 Å². The van der Waals surface area contributed by atoms with Gasteiger partial charge in [0.2, 0.25) is 11.7 Å². The van der Waals surface area contributed by atoms with Crippen LogP contribution in [0.4, 0.5) is 0 Å². The Balaban J connectivity index is 1.40. The highest BCUT2D eigenvalue weighted by atomic mass is 16.5. The summed E-state index contributed by atoms with van der Waals surface area (Å²) in [6.07, 6.45) is 5.71. The number of hydrogen-bond donors (Lipinski definition) is 1. The third-order valence-electron chi connectivity index (χ3n) is 5.26. The molecule has 1 aromatic heterocycles. The number of phenols is 1. The van der Waals surface area contributed by atoms with E-state index in [4.69, 9.17) is 4.52 Å². The SMILES string of the molecule is Oc1cccc(CC[C@H]2CCCCN2Cc2nc(-c3ccccc3)no2)c1. The van der Waals surface area contributed by atoms with E-state index >= 15 is 0 Å². The normalized spacial score (nSPS) is 17.9. The first kappa shape index (κ1) is 17.7. The molecule has 0 bridgehead atoms. The fourth-order valence-corrected chi connectivity index (χ4v) is 3.84. The summed E-state index contributed by atoms with van der Waals surface area (Å²) in [7, 11) is 0. The number of aromatic hydroxyl groups is 1. The topological polar surface area (TPSA) is 62.4 Å². The van der Waals surface area contributed by atoms with E-state index in [0.717, 1.165) is 24.9 Å². The van der Waals surface area contributed by atoms with E-state index in [-0.39, 0.29) is 0 Å². The molecular formula is C22H25N3O2. The van der Waals surface area contributed by atoms with E-state index in [1.165, 1.54) is 24.8 Å². The molecule has 27 heavy (non-hydrogen) atoms. The van der Waals surface area contributed by atoms with Crippen LogP contribution in [0.5, 0.6) is 5.75 Å². The second-order valence-electron chi connectivity index (χ2n) is 7.21. The lowest BCUT2D eigenvalue weighted by Gasteiger charge is -2.34. The predicted molar refractivity (Wildman–Crippen MR) is 104 cm³/mol. The summed E-state index contributed by atoms with van der Waals surface area (Å²) in [5.41, 5.74) is 2.16. The summed E-state index contributed by atoms with van der Waals surface area (Å²) < 4.78 is 5.51. The Labute approximate surface area is 159 Å². The molecule has 0 saturated carbocycles. The number of likely N-dealkylation sites (tertiary alicyclic amines) is 1. The molecule has 1 fully saturated rings. The van der Waals surface area contributed by atoms with Crippen molar-refractivity contribution in [3.05, 3.63) is 66.1 Å². The van der Waals surface area contributed by atoms with Crippen molar-refractivity contribution < 1.29 is 9.63 Å². The molecule has 2 heterocycles. The molecule has 2 aromatic carbocycles. The summed E-state index contributed by atoms with van der Waals surface area (Å²) in [6, 6.07) is 18.0. The molecule has 5 heteroatoms. The Kier molecular flexibility index (Phi) is 5.49. The number of hydrogen-bond acceptors (Lipinski definition) is 5. The van der Waals surface area contributed by atoms with E-state index in [1.807, 2.05) is 42.5 Å². The van der Waals surface area contributed by atoms with Crippen molar-refractivity contribution in [1.29, 1.82) is 0 Å². The second kappa shape index (κ2) is 8.35. The first-order valence-electron chi connectivity index (χ1n) is 9.68. The fourth-order valence-electron chi connectivity index (χ4n) is 3.84. The van der Waals surface area contributed by atoms with Gasteiger partial charge in [-0.25, -0.2) is 0 Å². The molecule has 0 spiro atoms. The van der Waals surface area contributed by atoms with Crippen LogP contribution >= 0.6 is 0 Å². The molecule has 0 aliphatic carbocycles. The molecule has 5 nitrogen and oxygen atoms in total. The lowest BCUT2D eigenvalue weighted by atomic mass is 9.96. The quantitative estimate of drug-likeness (QED) is 0.702. The fraction of sp³-hybridized carbons (Fsp3) is 0.364. The molecule has 1 N–H and O–H groups in total. The van der Waals surface area contributed by atoms with Crippen LogP contribution in [-0.4, -0.2) is 32.7 Å². The molecule has 140 valence electrons. The minimum Gasteiger partial charge on any atom is -0.508 e. The molecule has 1 saturated heterocycles. The van der Waals surface area contributed by atoms with Crippen molar-refractivity contribution in [1.82, 2.24) is 15.0 Å². The predicted octanol–water partition coefficient (Wildman–Crippen LogP) is 4.43. The van der Waals surface area contributed by atoms with Crippen LogP contribution < -0.4 is 0 Å². The lowest BCUT2D eigenvalue weighted by Crippen LogP contribution is -2.39. The van der Waals surface area contributed by atoms with Crippen LogP contribution in [0.15, 0.2) is 59.1 Å². The standard InChI is InChI=1S/C22H25N3O2/c26-20-11-6-7-17(15-20)12-13-19-10-4-5-14-25(19)16-21-23-22(24-27-21)18-8-2-1-3-9-18/h1-3,6-9,11,15,19,26H,4-5,10,12-14,16H2/t19-/m1/s1. The number of phenolic OH excluding ortho intramolecular Hbond substituents is 1. The van der Waals surface area contributed by atoms with Gasteiger partial charge >= 0.3 is 0 Å². The summed E-state index contributed by atoms with van der Waals surface area (Å²) in [4.78, 5) is 7.05. The average Bonchev–Trinajstić information content (AvgIpc) is 3.17. The number of aromatic nitrogens is 2. The Hall–Kier alpha value is -2.66. The van der Waals surface area contributed by atoms with Gasteiger partial charge in [-0.1, -0.05) is 54.0 Å². The zero-order chi connectivity index (χ0) is 18.5. The lowest BCUT2D eigenvalue weighted by molar-refractivity contribution is 0.117. The monoisotopic (exact) mass is 363 g/mol. The van der Waals surface area contributed by atoms with Gasteiger partial charge in [-0.2, -0.15) is 4.98 Å². The van der Waals surface area contributed by atoms with E-state index in [0.29, 0.717) is 30.1 Å². The van der Waals surface area contributed by atoms with Crippen molar-refractivity contribution in [2.45, 2.75) is 44.7 Å². The van der Waals surface area contributed by atoms with Crippen molar-refractivity contribution in [2.24, 2.45) is 0 Å². The second-order valence-corrected chi connectivity index (χ2v) is 7.21. The highest BCUT2D eigenvalue weighted by Gasteiger charge is 2.24. The summed E-state index contributed by atoms with van der Waals surface area (Å²) in [5.74, 6) is 1.67. The van der Waals surface area contributed by atoms with Crippen LogP contribution in [0.2, 0.25) is 0 Å². The molecule has 3 aromatic rings.